The van der Waals surface area contributed by atoms with Crippen LogP contribution in [0.2, 0.25) is 0 Å². The molecule has 31 heavy (non-hydrogen) atoms. The maximum absolute atomic E-state index is 12.9. The topological polar surface area (TPSA) is 120 Å². The third kappa shape index (κ3) is 3.61. The zero-order valence-electron chi connectivity index (χ0n) is 16.6. The van der Waals surface area contributed by atoms with E-state index in [4.69, 9.17) is 0 Å². The molecule has 3 aliphatic heterocycles. The standard InChI is InChI=1S/C21H21N5O4S/c27-17-4-3-16(18(28)25-17)26-19(29)13-2-1-11(7-14(13)20(26)30)8-23-21-24-15(10-31-21)12-5-6-22-9-12/h1-2,7,10,12,16,22H,3-6,8-9H2,(H,23,24)(H,25,27,28). The first-order valence-corrected chi connectivity index (χ1v) is 11.1. The number of anilines is 1. The number of aromatic nitrogens is 1. The fourth-order valence-corrected chi connectivity index (χ4v) is 5.06. The number of piperidine rings is 1. The Kier molecular flexibility index (Phi) is 5.03. The van der Waals surface area contributed by atoms with Gasteiger partial charge in [0.15, 0.2) is 5.13 Å². The van der Waals surface area contributed by atoms with Crippen molar-refractivity contribution in [2.75, 3.05) is 18.4 Å². The molecule has 0 radical (unpaired) electrons. The fraction of sp³-hybridized carbons (Fsp3) is 0.381. The molecular formula is C21H21N5O4S. The van der Waals surface area contributed by atoms with Gasteiger partial charge in [0, 0.05) is 30.8 Å². The molecule has 2 fully saturated rings. The van der Waals surface area contributed by atoms with Crippen LogP contribution in [0.5, 0.6) is 0 Å². The van der Waals surface area contributed by atoms with Gasteiger partial charge >= 0.3 is 0 Å². The molecule has 0 saturated carbocycles. The lowest BCUT2D eigenvalue weighted by Crippen LogP contribution is -2.54. The predicted molar refractivity (Wildman–Crippen MR) is 113 cm³/mol. The lowest BCUT2D eigenvalue weighted by atomic mass is 10.0. The number of hydrogen-bond acceptors (Lipinski definition) is 8. The van der Waals surface area contributed by atoms with Crippen LogP contribution in [0.15, 0.2) is 23.6 Å². The molecule has 2 saturated heterocycles. The average Bonchev–Trinajstić information content (AvgIpc) is 3.49. The monoisotopic (exact) mass is 439 g/mol. The lowest BCUT2D eigenvalue weighted by Gasteiger charge is -2.27. The first kappa shape index (κ1) is 19.8. The van der Waals surface area contributed by atoms with Gasteiger partial charge in [-0.05, 0) is 37.1 Å². The molecule has 4 heterocycles. The summed E-state index contributed by atoms with van der Waals surface area (Å²) in [4.78, 5) is 54.9. The fourth-order valence-electron chi connectivity index (χ4n) is 4.27. The van der Waals surface area contributed by atoms with Crippen LogP contribution < -0.4 is 16.0 Å². The quantitative estimate of drug-likeness (QED) is 0.600. The smallest absolute Gasteiger partial charge is 0.262 e. The van der Waals surface area contributed by atoms with Gasteiger partial charge in [-0.3, -0.25) is 29.4 Å². The number of fused-ring (bicyclic) bond motifs is 1. The minimum absolute atomic E-state index is 0.103. The number of nitrogens with zero attached hydrogens (tertiary/aromatic N) is 2. The molecule has 0 aliphatic carbocycles. The summed E-state index contributed by atoms with van der Waals surface area (Å²) in [6, 6.07) is 4.14. The van der Waals surface area contributed by atoms with Gasteiger partial charge in [-0.25, -0.2) is 4.98 Å². The molecule has 2 atom stereocenters. The molecule has 1 aromatic heterocycles. The number of nitrogens with one attached hydrogen (secondary N) is 3. The molecule has 2 unspecified atom stereocenters. The van der Waals surface area contributed by atoms with Gasteiger partial charge in [0.1, 0.15) is 6.04 Å². The van der Waals surface area contributed by atoms with Crippen molar-refractivity contribution in [2.24, 2.45) is 0 Å². The highest BCUT2D eigenvalue weighted by Crippen LogP contribution is 2.29. The van der Waals surface area contributed by atoms with E-state index >= 15 is 0 Å². The molecule has 3 N–H and O–H groups in total. The highest BCUT2D eigenvalue weighted by atomic mass is 32.1. The Hall–Kier alpha value is -3.11. The van der Waals surface area contributed by atoms with Crippen LogP contribution >= 0.6 is 11.3 Å². The summed E-state index contributed by atoms with van der Waals surface area (Å²) >= 11 is 1.55. The minimum Gasteiger partial charge on any atom is -0.357 e. The van der Waals surface area contributed by atoms with Crippen LogP contribution in [-0.4, -0.2) is 52.6 Å². The molecule has 0 bridgehead atoms. The molecule has 0 spiro atoms. The van der Waals surface area contributed by atoms with Crippen LogP contribution in [0.1, 0.15) is 57.2 Å². The number of rotatable bonds is 5. The predicted octanol–water partition coefficient (Wildman–Crippen LogP) is 1.23. The number of benzene rings is 1. The number of thiazole rings is 1. The van der Waals surface area contributed by atoms with E-state index in [1.165, 1.54) is 0 Å². The van der Waals surface area contributed by atoms with E-state index < -0.39 is 23.8 Å². The zero-order valence-corrected chi connectivity index (χ0v) is 17.5. The third-order valence-electron chi connectivity index (χ3n) is 5.95. The van der Waals surface area contributed by atoms with Crippen molar-refractivity contribution in [3.05, 3.63) is 46.0 Å². The normalized spacial score (nSPS) is 23.3. The second-order valence-electron chi connectivity index (χ2n) is 7.95. The number of carbonyl (C=O) groups is 4. The van der Waals surface area contributed by atoms with Gasteiger partial charge in [-0.2, -0.15) is 0 Å². The Balaban J connectivity index is 1.29. The van der Waals surface area contributed by atoms with Crippen LogP contribution in [0, 0.1) is 0 Å². The summed E-state index contributed by atoms with van der Waals surface area (Å²) in [5.41, 5.74) is 2.49. The maximum Gasteiger partial charge on any atom is 0.262 e. The highest BCUT2D eigenvalue weighted by Gasteiger charge is 2.44. The molecule has 5 rings (SSSR count). The van der Waals surface area contributed by atoms with Crippen molar-refractivity contribution in [3.63, 3.8) is 0 Å². The molecule has 9 nitrogen and oxygen atoms in total. The van der Waals surface area contributed by atoms with Crippen LogP contribution in [-0.2, 0) is 16.1 Å². The van der Waals surface area contributed by atoms with Crippen molar-refractivity contribution in [1.82, 2.24) is 20.5 Å². The van der Waals surface area contributed by atoms with Gasteiger partial charge in [-0.15, -0.1) is 11.3 Å². The van der Waals surface area contributed by atoms with E-state index in [9.17, 15) is 19.2 Å². The van der Waals surface area contributed by atoms with Gasteiger partial charge in [0.05, 0.1) is 16.8 Å². The van der Waals surface area contributed by atoms with E-state index in [0.29, 0.717) is 12.5 Å². The largest absolute Gasteiger partial charge is 0.357 e. The van der Waals surface area contributed by atoms with Gasteiger partial charge in [-0.1, -0.05) is 6.07 Å². The number of amides is 4. The lowest BCUT2D eigenvalue weighted by molar-refractivity contribution is -0.136. The van der Waals surface area contributed by atoms with E-state index in [0.717, 1.165) is 40.8 Å². The molecule has 1 aromatic carbocycles. The van der Waals surface area contributed by atoms with Crippen LogP contribution in [0.4, 0.5) is 5.13 Å². The Morgan fingerprint density at radius 1 is 1.13 bits per heavy atom. The van der Waals surface area contributed by atoms with Gasteiger partial charge in [0.25, 0.3) is 11.8 Å². The Labute approximate surface area is 182 Å². The zero-order chi connectivity index (χ0) is 21.5. The van der Waals surface area contributed by atoms with E-state index in [-0.39, 0.29) is 29.9 Å². The second kappa shape index (κ2) is 7.86. The Morgan fingerprint density at radius 2 is 1.97 bits per heavy atom. The van der Waals surface area contributed by atoms with Gasteiger partial charge in [0.2, 0.25) is 11.8 Å². The first-order valence-electron chi connectivity index (χ1n) is 10.3. The summed E-state index contributed by atoms with van der Waals surface area (Å²) < 4.78 is 0. The van der Waals surface area contributed by atoms with E-state index in [1.54, 1.807) is 29.5 Å². The number of imide groups is 2. The third-order valence-corrected chi connectivity index (χ3v) is 6.77. The van der Waals surface area contributed by atoms with Crippen molar-refractivity contribution in [2.45, 2.75) is 37.8 Å². The number of carbonyl (C=O) groups excluding carboxylic acids is 4. The number of hydrogen-bond donors (Lipinski definition) is 3. The van der Waals surface area contributed by atoms with Crippen LogP contribution in [0.3, 0.4) is 0 Å². The second-order valence-corrected chi connectivity index (χ2v) is 8.81. The molecule has 160 valence electrons. The summed E-state index contributed by atoms with van der Waals surface area (Å²) in [5, 5.41) is 11.7. The van der Waals surface area contributed by atoms with Crippen molar-refractivity contribution < 1.29 is 19.2 Å². The first-order chi connectivity index (χ1) is 15.0. The molecule has 2 aromatic rings. The summed E-state index contributed by atoms with van der Waals surface area (Å²) in [6.45, 7) is 2.43. The summed E-state index contributed by atoms with van der Waals surface area (Å²) in [7, 11) is 0. The highest BCUT2D eigenvalue weighted by molar-refractivity contribution is 7.13. The Morgan fingerprint density at radius 3 is 2.74 bits per heavy atom. The van der Waals surface area contributed by atoms with Crippen molar-refractivity contribution >= 4 is 40.1 Å². The maximum atomic E-state index is 12.9. The van der Waals surface area contributed by atoms with Crippen molar-refractivity contribution in [1.29, 1.82) is 0 Å². The van der Waals surface area contributed by atoms with E-state index in [1.807, 2.05) is 0 Å². The molecule has 10 heteroatoms. The average molecular weight is 439 g/mol. The molecule has 4 amide bonds. The van der Waals surface area contributed by atoms with Crippen LogP contribution in [0.25, 0.3) is 0 Å². The summed E-state index contributed by atoms with van der Waals surface area (Å²) in [6.07, 6.45) is 1.34. The van der Waals surface area contributed by atoms with Gasteiger partial charge < -0.3 is 10.6 Å². The molecular weight excluding hydrogens is 418 g/mol. The SMILES string of the molecule is O=C1CCC(N2C(=O)c3ccc(CNc4nc(C5CCNC5)cs4)cc3C2=O)C(=O)N1. The van der Waals surface area contributed by atoms with Crippen molar-refractivity contribution in [3.8, 4) is 0 Å². The summed E-state index contributed by atoms with van der Waals surface area (Å²) in [5.74, 6) is -1.54. The molecule has 3 aliphatic rings. The van der Waals surface area contributed by atoms with E-state index in [2.05, 4.69) is 26.3 Å². The Bertz CT molecular complexity index is 1090. The minimum atomic E-state index is -0.953.